The average Bonchev–Trinajstić information content (AvgIpc) is 2.28. The van der Waals surface area contributed by atoms with Crippen molar-refractivity contribution in [2.24, 2.45) is 5.92 Å². The zero-order valence-electron chi connectivity index (χ0n) is 10.1. The van der Waals surface area contributed by atoms with Gasteiger partial charge in [-0.2, -0.15) is 16.7 Å². The Balaban J connectivity index is 2.44. The van der Waals surface area contributed by atoms with E-state index in [-0.39, 0.29) is 0 Å². The van der Waals surface area contributed by atoms with Gasteiger partial charge in [0, 0.05) is 18.8 Å². The predicted molar refractivity (Wildman–Crippen MR) is 69.2 cm³/mol. The van der Waals surface area contributed by atoms with Crippen molar-refractivity contribution in [1.82, 2.24) is 9.97 Å². The molecular formula is C11H19N3OS. The lowest BCUT2D eigenvalue weighted by Gasteiger charge is -2.11. The molecule has 4 nitrogen and oxygen atoms in total. The summed E-state index contributed by atoms with van der Waals surface area (Å²) in [6.07, 6.45) is 3.82. The number of anilines is 1. The molecule has 5 heteroatoms. The summed E-state index contributed by atoms with van der Waals surface area (Å²) in [6.45, 7) is 5.65. The average molecular weight is 241 g/mol. The van der Waals surface area contributed by atoms with Gasteiger partial charge in [0.25, 0.3) is 0 Å². The first-order valence-corrected chi connectivity index (χ1v) is 6.84. The van der Waals surface area contributed by atoms with Gasteiger partial charge in [-0.05, 0) is 24.9 Å². The summed E-state index contributed by atoms with van der Waals surface area (Å²) in [5.41, 5.74) is 0. The smallest absolute Gasteiger partial charge is 0.225 e. The summed E-state index contributed by atoms with van der Waals surface area (Å²) in [7, 11) is 0. The van der Waals surface area contributed by atoms with Crippen LogP contribution in [0.1, 0.15) is 13.8 Å². The molecule has 90 valence electrons. The lowest BCUT2D eigenvalue weighted by atomic mass is 10.2. The summed E-state index contributed by atoms with van der Waals surface area (Å²) in [6, 6.07) is 1.76. The fourth-order valence-corrected chi connectivity index (χ4v) is 1.95. The van der Waals surface area contributed by atoms with E-state index in [1.807, 2.05) is 18.7 Å². The Hall–Kier alpha value is -0.970. The number of thioether (sulfide) groups is 1. The summed E-state index contributed by atoms with van der Waals surface area (Å²) in [4.78, 5) is 8.39. The quantitative estimate of drug-likeness (QED) is 0.793. The fraction of sp³-hybridized carbons (Fsp3) is 0.636. The van der Waals surface area contributed by atoms with E-state index in [0.29, 0.717) is 24.4 Å². The van der Waals surface area contributed by atoms with Crippen LogP contribution >= 0.6 is 11.8 Å². The van der Waals surface area contributed by atoms with E-state index < -0.39 is 0 Å². The van der Waals surface area contributed by atoms with Gasteiger partial charge in [-0.25, -0.2) is 4.98 Å². The molecule has 0 aliphatic carbocycles. The van der Waals surface area contributed by atoms with Gasteiger partial charge in [0.05, 0.1) is 6.61 Å². The van der Waals surface area contributed by atoms with Crippen LogP contribution < -0.4 is 10.1 Å². The highest BCUT2D eigenvalue weighted by molar-refractivity contribution is 7.98. The second-order valence-electron chi connectivity index (χ2n) is 3.59. The second kappa shape index (κ2) is 7.33. The van der Waals surface area contributed by atoms with Crippen molar-refractivity contribution in [3.8, 4) is 5.88 Å². The Kier molecular flexibility index (Phi) is 6.00. The molecule has 1 atom stereocenters. The molecule has 0 saturated heterocycles. The molecule has 0 aromatic carbocycles. The van der Waals surface area contributed by atoms with E-state index in [4.69, 9.17) is 4.74 Å². The molecule has 1 rings (SSSR count). The van der Waals surface area contributed by atoms with Crippen LogP contribution in [-0.4, -0.2) is 35.1 Å². The lowest BCUT2D eigenvalue weighted by Crippen LogP contribution is -2.15. The van der Waals surface area contributed by atoms with Gasteiger partial charge in [-0.15, -0.1) is 0 Å². The highest BCUT2D eigenvalue weighted by Crippen LogP contribution is 2.09. The van der Waals surface area contributed by atoms with Gasteiger partial charge >= 0.3 is 0 Å². The second-order valence-corrected chi connectivity index (χ2v) is 4.50. The summed E-state index contributed by atoms with van der Waals surface area (Å²) >= 11 is 1.85. The highest BCUT2D eigenvalue weighted by atomic mass is 32.2. The minimum Gasteiger partial charge on any atom is -0.478 e. The number of aromatic nitrogens is 2. The van der Waals surface area contributed by atoms with E-state index in [0.717, 1.165) is 12.3 Å². The molecule has 1 aromatic heterocycles. The fourth-order valence-electron chi connectivity index (χ4n) is 1.26. The lowest BCUT2D eigenvalue weighted by molar-refractivity contribution is 0.326. The third kappa shape index (κ3) is 4.70. The molecule has 1 heterocycles. The third-order valence-corrected chi connectivity index (χ3v) is 2.88. The Morgan fingerprint density at radius 2 is 2.38 bits per heavy atom. The van der Waals surface area contributed by atoms with E-state index in [1.165, 1.54) is 0 Å². The SMILES string of the molecule is CCOc1ccnc(NCC(C)CSC)n1. The van der Waals surface area contributed by atoms with E-state index >= 15 is 0 Å². The monoisotopic (exact) mass is 241 g/mol. The largest absolute Gasteiger partial charge is 0.478 e. The maximum Gasteiger partial charge on any atom is 0.225 e. The van der Waals surface area contributed by atoms with Crippen molar-refractivity contribution in [3.63, 3.8) is 0 Å². The molecule has 0 saturated carbocycles. The van der Waals surface area contributed by atoms with Gasteiger partial charge in [0.1, 0.15) is 0 Å². The van der Waals surface area contributed by atoms with Crippen LogP contribution in [0, 0.1) is 5.92 Å². The van der Waals surface area contributed by atoms with Gasteiger partial charge in [0.15, 0.2) is 0 Å². The molecule has 0 fully saturated rings. The Labute approximate surface area is 101 Å². The van der Waals surface area contributed by atoms with Crippen molar-refractivity contribution < 1.29 is 4.74 Å². The van der Waals surface area contributed by atoms with E-state index in [2.05, 4.69) is 28.5 Å². The Morgan fingerprint density at radius 3 is 3.06 bits per heavy atom. The van der Waals surface area contributed by atoms with Crippen molar-refractivity contribution >= 4 is 17.7 Å². The maximum absolute atomic E-state index is 5.31. The van der Waals surface area contributed by atoms with E-state index in [9.17, 15) is 0 Å². The van der Waals surface area contributed by atoms with Crippen LogP contribution in [0.2, 0.25) is 0 Å². The first-order chi connectivity index (χ1) is 7.76. The topological polar surface area (TPSA) is 47.0 Å². The van der Waals surface area contributed by atoms with Crippen LogP contribution in [0.15, 0.2) is 12.3 Å². The normalized spacial score (nSPS) is 12.2. The first kappa shape index (κ1) is 13.1. The summed E-state index contributed by atoms with van der Waals surface area (Å²) in [5, 5.41) is 3.21. The standard InChI is InChI=1S/C11H19N3OS/c1-4-15-10-5-6-12-11(14-10)13-7-9(2)8-16-3/h5-6,9H,4,7-8H2,1-3H3,(H,12,13,14). The minimum absolute atomic E-state index is 0.606. The van der Waals surface area contributed by atoms with Crippen molar-refractivity contribution in [1.29, 1.82) is 0 Å². The van der Waals surface area contributed by atoms with Crippen molar-refractivity contribution in [2.45, 2.75) is 13.8 Å². The summed E-state index contributed by atoms with van der Waals surface area (Å²) in [5.74, 6) is 3.00. The molecule has 0 radical (unpaired) electrons. The molecule has 0 amide bonds. The molecular weight excluding hydrogens is 222 g/mol. The zero-order chi connectivity index (χ0) is 11.8. The van der Waals surface area contributed by atoms with Gasteiger partial charge in [-0.3, -0.25) is 0 Å². The molecule has 0 spiro atoms. The van der Waals surface area contributed by atoms with Crippen LogP contribution in [0.5, 0.6) is 5.88 Å². The summed E-state index contributed by atoms with van der Waals surface area (Å²) < 4.78 is 5.31. The van der Waals surface area contributed by atoms with Gasteiger partial charge < -0.3 is 10.1 Å². The van der Waals surface area contributed by atoms with Crippen molar-refractivity contribution in [2.75, 3.05) is 30.5 Å². The number of hydrogen-bond acceptors (Lipinski definition) is 5. The molecule has 0 bridgehead atoms. The number of ether oxygens (including phenoxy) is 1. The third-order valence-electron chi connectivity index (χ3n) is 1.98. The van der Waals surface area contributed by atoms with Crippen LogP contribution in [0.3, 0.4) is 0 Å². The molecule has 0 aliphatic rings. The molecule has 1 N–H and O–H groups in total. The van der Waals surface area contributed by atoms with E-state index in [1.54, 1.807) is 12.3 Å². The van der Waals surface area contributed by atoms with Gasteiger partial charge in [0.2, 0.25) is 11.8 Å². The minimum atomic E-state index is 0.606. The zero-order valence-corrected chi connectivity index (χ0v) is 10.9. The van der Waals surface area contributed by atoms with Crippen LogP contribution in [0.4, 0.5) is 5.95 Å². The number of rotatable bonds is 7. The van der Waals surface area contributed by atoms with Crippen LogP contribution in [0.25, 0.3) is 0 Å². The molecule has 1 aromatic rings. The predicted octanol–water partition coefficient (Wildman–Crippen LogP) is 2.29. The number of hydrogen-bond donors (Lipinski definition) is 1. The maximum atomic E-state index is 5.31. The Bertz CT molecular complexity index is 309. The van der Waals surface area contributed by atoms with Crippen molar-refractivity contribution in [3.05, 3.63) is 12.3 Å². The molecule has 1 unspecified atom stereocenters. The Morgan fingerprint density at radius 1 is 1.56 bits per heavy atom. The molecule has 0 aliphatic heterocycles. The highest BCUT2D eigenvalue weighted by Gasteiger charge is 2.03. The number of nitrogens with zero attached hydrogens (tertiary/aromatic N) is 2. The van der Waals surface area contributed by atoms with Gasteiger partial charge in [-0.1, -0.05) is 6.92 Å². The first-order valence-electron chi connectivity index (χ1n) is 5.45. The number of nitrogens with one attached hydrogen (secondary N) is 1. The van der Waals surface area contributed by atoms with Crippen LogP contribution in [-0.2, 0) is 0 Å². The molecule has 16 heavy (non-hydrogen) atoms.